The minimum atomic E-state index is -0.0693. The third-order valence-corrected chi connectivity index (χ3v) is 3.96. The number of nitrogens with zero attached hydrogens (tertiary/aromatic N) is 2. The van der Waals surface area contributed by atoms with Crippen molar-refractivity contribution in [1.29, 1.82) is 0 Å². The van der Waals surface area contributed by atoms with Crippen molar-refractivity contribution in [2.75, 3.05) is 32.5 Å². The van der Waals surface area contributed by atoms with E-state index in [1.165, 1.54) is 11.1 Å². The van der Waals surface area contributed by atoms with Crippen molar-refractivity contribution in [3.63, 3.8) is 0 Å². The van der Waals surface area contributed by atoms with E-state index in [-0.39, 0.29) is 5.91 Å². The van der Waals surface area contributed by atoms with Crippen molar-refractivity contribution in [1.82, 2.24) is 15.2 Å². The van der Waals surface area contributed by atoms with E-state index in [1.54, 1.807) is 18.3 Å². The smallest absolute Gasteiger partial charge is 0.251 e. The Labute approximate surface area is 144 Å². The van der Waals surface area contributed by atoms with E-state index in [4.69, 9.17) is 0 Å². The number of anilines is 2. The van der Waals surface area contributed by atoms with Crippen LogP contribution in [0.3, 0.4) is 0 Å². The van der Waals surface area contributed by atoms with Gasteiger partial charge in [0.15, 0.2) is 0 Å². The molecule has 5 heteroatoms. The summed E-state index contributed by atoms with van der Waals surface area (Å²) in [7, 11) is 4.05. The van der Waals surface area contributed by atoms with Gasteiger partial charge in [-0.1, -0.05) is 12.1 Å². The third-order valence-electron chi connectivity index (χ3n) is 3.96. The Morgan fingerprint density at radius 2 is 2.00 bits per heavy atom. The Balaban J connectivity index is 2.00. The van der Waals surface area contributed by atoms with E-state index >= 15 is 0 Å². The minimum absolute atomic E-state index is 0.0693. The van der Waals surface area contributed by atoms with E-state index in [0.717, 1.165) is 18.7 Å². The molecule has 0 atom stereocenters. The number of rotatable bonds is 7. The molecule has 0 saturated carbocycles. The molecular weight excluding hydrogens is 300 g/mol. The molecule has 0 radical (unpaired) electrons. The van der Waals surface area contributed by atoms with Gasteiger partial charge in [0.05, 0.1) is 0 Å². The Bertz CT molecular complexity index is 698. The standard InChI is InChI=1S/C19H26N4O/c1-14-7-5-8-17(15(14)2)22-18-13-16(9-11-20-18)19(24)21-10-6-12-23(3)4/h5,7-9,11,13H,6,10,12H2,1-4H3,(H,20,22)(H,21,24). The van der Waals surface area contributed by atoms with Crippen molar-refractivity contribution < 1.29 is 4.79 Å². The SMILES string of the molecule is Cc1cccc(Nc2cc(C(=O)NCCCN(C)C)ccn2)c1C. The van der Waals surface area contributed by atoms with E-state index in [0.29, 0.717) is 17.9 Å². The summed E-state index contributed by atoms with van der Waals surface area (Å²) < 4.78 is 0. The molecule has 1 aromatic heterocycles. The number of carbonyl (C=O) groups excluding carboxylic acids is 1. The number of amides is 1. The first-order valence-corrected chi connectivity index (χ1v) is 8.19. The van der Waals surface area contributed by atoms with E-state index in [1.807, 2.05) is 26.2 Å². The molecule has 0 aliphatic rings. The maximum absolute atomic E-state index is 12.2. The van der Waals surface area contributed by atoms with Crippen LogP contribution in [-0.4, -0.2) is 43.0 Å². The van der Waals surface area contributed by atoms with Crippen LogP contribution in [0.5, 0.6) is 0 Å². The van der Waals surface area contributed by atoms with Crippen molar-refractivity contribution in [3.8, 4) is 0 Å². The lowest BCUT2D eigenvalue weighted by Crippen LogP contribution is -2.27. The number of pyridine rings is 1. The van der Waals surface area contributed by atoms with Gasteiger partial charge in [0.2, 0.25) is 0 Å². The molecule has 1 amide bonds. The quantitative estimate of drug-likeness (QED) is 0.768. The van der Waals surface area contributed by atoms with E-state index < -0.39 is 0 Å². The molecule has 2 rings (SSSR count). The summed E-state index contributed by atoms with van der Waals surface area (Å²) in [6, 6.07) is 9.61. The van der Waals surface area contributed by atoms with Gasteiger partial charge in [-0.2, -0.15) is 0 Å². The minimum Gasteiger partial charge on any atom is -0.352 e. The molecule has 0 saturated heterocycles. The Morgan fingerprint density at radius 3 is 2.75 bits per heavy atom. The van der Waals surface area contributed by atoms with Gasteiger partial charge >= 0.3 is 0 Å². The van der Waals surface area contributed by atoms with Crippen LogP contribution in [0, 0.1) is 13.8 Å². The zero-order valence-corrected chi connectivity index (χ0v) is 14.9. The fourth-order valence-corrected chi connectivity index (χ4v) is 2.36. The molecule has 0 spiro atoms. The maximum Gasteiger partial charge on any atom is 0.251 e. The van der Waals surface area contributed by atoms with Gasteiger partial charge in [-0.3, -0.25) is 4.79 Å². The molecule has 0 bridgehead atoms. The summed E-state index contributed by atoms with van der Waals surface area (Å²) in [5.41, 5.74) is 4.02. The van der Waals surface area contributed by atoms with E-state index in [2.05, 4.69) is 40.4 Å². The fraction of sp³-hybridized carbons (Fsp3) is 0.368. The normalized spacial score (nSPS) is 10.7. The largest absolute Gasteiger partial charge is 0.352 e. The first-order valence-electron chi connectivity index (χ1n) is 8.19. The highest BCUT2D eigenvalue weighted by molar-refractivity contribution is 5.94. The highest BCUT2D eigenvalue weighted by Crippen LogP contribution is 2.22. The average Bonchev–Trinajstić information content (AvgIpc) is 2.56. The van der Waals surface area contributed by atoms with Gasteiger partial charge in [0, 0.05) is 24.0 Å². The van der Waals surface area contributed by atoms with Crippen molar-refractivity contribution in [3.05, 3.63) is 53.2 Å². The van der Waals surface area contributed by atoms with Crippen LogP contribution in [0.4, 0.5) is 11.5 Å². The number of benzene rings is 1. The highest BCUT2D eigenvalue weighted by atomic mass is 16.1. The van der Waals surface area contributed by atoms with Crippen LogP contribution in [-0.2, 0) is 0 Å². The molecular formula is C19H26N4O. The third kappa shape index (κ3) is 5.06. The van der Waals surface area contributed by atoms with Gasteiger partial charge in [0.1, 0.15) is 5.82 Å². The average molecular weight is 326 g/mol. The number of hydrogen-bond acceptors (Lipinski definition) is 4. The topological polar surface area (TPSA) is 57.3 Å². The van der Waals surface area contributed by atoms with Gasteiger partial charge in [0.25, 0.3) is 5.91 Å². The van der Waals surface area contributed by atoms with Crippen LogP contribution in [0.15, 0.2) is 36.5 Å². The number of hydrogen-bond donors (Lipinski definition) is 2. The predicted molar refractivity (Wildman–Crippen MR) is 98.9 cm³/mol. The van der Waals surface area contributed by atoms with Crippen LogP contribution < -0.4 is 10.6 Å². The van der Waals surface area contributed by atoms with Gasteiger partial charge in [-0.25, -0.2) is 4.98 Å². The second-order valence-electron chi connectivity index (χ2n) is 6.21. The molecule has 0 aliphatic carbocycles. The summed E-state index contributed by atoms with van der Waals surface area (Å²) in [6.45, 7) is 5.76. The molecule has 0 aliphatic heterocycles. The zero-order valence-electron chi connectivity index (χ0n) is 14.9. The van der Waals surface area contributed by atoms with Crippen molar-refractivity contribution in [2.24, 2.45) is 0 Å². The summed E-state index contributed by atoms with van der Waals surface area (Å²) >= 11 is 0. The van der Waals surface area contributed by atoms with Crippen LogP contribution in [0.25, 0.3) is 0 Å². The first-order chi connectivity index (χ1) is 11.5. The lowest BCUT2D eigenvalue weighted by Gasteiger charge is -2.12. The molecule has 0 unspecified atom stereocenters. The molecule has 2 N–H and O–H groups in total. The molecule has 1 heterocycles. The van der Waals surface area contributed by atoms with Crippen molar-refractivity contribution in [2.45, 2.75) is 20.3 Å². The van der Waals surface area contributed by atoms with E-state index in [9.17, 15) is 4.79 Å². The number of aryl methyl sites for hydroxylation is 1. The van der Waals surface area contributed by atoms with Crippen LogP contribution in [0.1, 0.15) is 27.9 Å². The van der Waals surface area contributed by atoms with Gasteiger partial charge in [-0.05, 0) is 70.2 Å². The number of nitrogens with one attached hydrogen (secondary N) is 2. The predicted octanol–water partition coefficient (Wildman–Crippen LogP) is 3.12. The molecule has 5 nitrogen and oxygen atoms in total. The summed E-state index contributed by atoms with van der Waals surface area (Å²) in [6.07, 6.45) is 2.58. The molecule has 0 fully saturated rings. The molecule has 24 heavy (non-hydrogen) atoms. The summed E-state index contributed by atoms with van der Waals surface area (Å²) in [5, 5.41) is 6.24. The maximum atomic E-state index is 12.2. The summed E-state index contributed by atoms with van der Waals surface area (Å²) in [5.74, 6) is 0.602. The first kappa shape index (κ1) is 17.9. The fourth-order valence-electron chi connectivity index (χ4n) is 2.36. The highest BCUT2D eigenvalue weighted by Gasteiger charge is 2.08. The second kappa shape index (κ2) is 8.45. The van der Waals surface area contributed by atoms with Crippen LogP contribution in [0.2, 0.25) is 0 Å². The monoisotopic (exact) mass is 326 g/mol. The molecule has 128 valence electrons. The summed E-state index contributed by atoms with van der Waals surface area (Å²) in [4.78, 5) is 18.6. The lowest BCUT2D eigenvalue weighted by atomic mass is 10.1. The Morgan fingerprint density at radius 1 is 1.21 bits per heavy atom. The second-order valence-corrected chi connectivity index (χ2v) is 6.21. The molecule has 1 aromatic carbocycles. The number of carbonyl (C=O) groups is 1. The zero-order chi connectivity index (χ0) is 17.5. The molecule has 2 aromatic rings. The van der Waals surface area contributed by atoms with Crippen LogP contribution >= 0.6 is 0 Å². The van der Waals surface area contributed by atoms with Gasteiger partial charge < -0.3 is 15.5 Å². The Hall–Kier alpha value is -2.40. The Kier molecular flexibility index (Phi) is 6.32. The van der Waals surface area contributed by atoms with Gasteiger partial charge in [-0.15, -0.1) is 0 Å². The van der Waals surface area contributed by atoms with Crippen molar-refractivity contribution >= 4 is 17.4 Å². The number of aromatic nitrogens is 1. The lowest BCUT2D eigenvalue weighted by molar-refractivity contribution is 0.0952.